The van der Waals surface area contributed by atoms with Crippen LogP contribution in [0.2, 0.25) is 0 Å². The molecule has 54 heavy (non-hydrogen) atoms. The second-order valence-electron chi connectivity index (χ2n) is 16.9. The molecule has 4 heterocycles. The van der Waals surface area contributed by atoms with Gasteiger partial charge in [0.05, 0.1) is 0 Å². The summed E-state index contributed by atoms with van der Waals surface area (Å²) in [5.41, 5.74) is 10.2. The number of fused-ring (bicyclic) bond motifs is 6. The Balaban J connectivity index is 1.43. The van der Waals surface area contributed by atoms with Crippen LogP contribution >= 0.6 is 45.3 Å². The smallest absolute Gasteiger partial charge is 0.0452 e. The first-order chi connectivity index (χ1) is 26.4. The molecule has 5 aromatic rings. The van der Waals surface area contributed by atoms with E-state index in [9.17, 15) is 0 Å². The molecular formula is C50H66S4. The molecule has 0 radical (unpaired) electrons. The van der Waals surface area contributed by atoms with Crippen molar-refractivity contribution < 1.29 is 0 Å². The van der Waals surface area contributed by atoms with E-state index in [1.165, 1.54) is 158 Å². The molecule has 0 amide bonds. The summed E-state index contributed by atoms with van der Waals surface area (Å²) < 4.78 is 0. The summed E-state index contributed by atoms with van der Waals surface area (Å²) in [5, 5.41) is 0. The van der Waals surface area contributed by atoms with Gasteiger partial charge in [0.2, 0.25) is 0 Å². The largest absolute Gasteiger partial charge is 0.140 e. The molecule has 4 heteroatoms. The van der Waals surface area contributed by atoms with E-state index in [-0.39, 0.29) is 10.8 Å². The van der Waals surface area contributed by atoms with Crippen molar-refractivity contribution in [1.29, 1.82) is 0 Å². The van der Waals surface area contributed by atoms with Gasteiger partial charge in [-0.1, -0.05) is 130 Å². The maximum absolute atomic E-state index is 2.82. The lowest BCUT2D eigenvalue weighted by Crippen LogP contribution is -2.27. The summed E-state index contributed by atoms with van der Waals surface area (Å²) in [5.74, 6) is 0. The van der Waals surface area contributed by atoms with E-state index in [0.29, 0.717) is 0 Å². The predicted octanol–water partition coefficient (Wildman–Crippen LogP) is 18.3. The molecule has 2 aliphatic rings. The highest BCUT2D eigenvalue weighted by atomic mass is 32.1. The molecule has 0 saturated carbocycles. The molecule has 0 atom stereocenters. The number of thiophene rings is 4. The van der Waals surface area contributed by atoms with Gasteiger partial charge in [-0.05, 0) is 121 Å². The molecule has 0 N–H and O–H groups in total. The van der Waals surface area contributed by atoms with Gasteiger partial charge < -0.3 is 0 Å². The van der Waals surface area contributed by atoms with Gasteiger partial charge in [-0.25, -0.2) is 0 Å². The monoisotopic (exact) mass is 794 g/mol. The summed E-state index contributed by atoms with van der Waals surface area (Å²) in [4.78, 5) is 12.0. The van der Waals surface area contributed by atoms with E-state index in [0.717, 1.165) is 0 Å². The minimum absolute atomic E-state index is 0.112. The highest BCUT2D eigenvalue weighted by Crippen LogP contribution is 2.64. The summed E-state index contributed by atoms with van der Waals surface area (Å²) in [6.45, 7) is 14.0. The van der Waals surface area contributed by atoms with Crippen LogP contribution < -0.4 is 0 Å². The Hall–Kier alpha value is -1.98. The lowest BCUT2D eigenvalue weighted by Gasteiger charge is -2.34. The molecule has 7 rings (SSSR count). The third kappa shape index (κ3) is 7.81. The van der Waals surface area contributed by atoms with E-state index >= 15 is 0 Å². The second-order valence-corrected chi connectivity index (χ2v) is 21.6. The Bertz CT molecular complexity index is 1810. The van der Waals surface area contributed by atoms with Crippen LogP contribution in [0.5, 0.6) is 0 Å². The van der Waals surface area contributed by atoms with Gasteiger partial charge in [-0.15, -0.1) is 45.3 Å². The molecule has 0 saturated heterocycles. The summed E-state index contributed by atoms with van der Waals surface area (Å²) in [7, 11) is 0. The summed E-state index contributed by atoms with van der Waals surface area (Å²) in [6, 6.07) is 20.4. The molecule has 2 aliphatic carbocycles. The Labute approximate surface area is 344 Å². The standard InChI is InChI=1S/C50H66S4/c1-7-11-15-19-27-49(28-20-16-12-8-2)39-31-38-40(32-37(39)47-41(49)33-45(53-47)43-25-23-35(5)51-43)50(29-21-17-13-9-3,30-22-18-14-10-4)42-34-46(54-48(38)42)44-26-24-36(6)52-44/h23-26,31-34H,7-22,27-30H2,1-6H3. The normalized spacial score (nSPS) is 14.8. The average molecular weight is 795 g/mol. The van der Waals surface area contributed by atoms with E-state index in [1.54, 1.807) is 43.1 Å². The minimum atomic E-state index is 0.112. The van der Waals surface area contributed by atoms with Crippen LogP contribution in [-0.2, 0) is 10.8 Å². The molecule has 4 aromatic heterocycles. The molecule has 0 spiro atoms. The summed E-state index contributed by atoms with van der Waals surface area (Å²) >= 11 is 8.20. The van der Waals surface area contributed by atoms with Crippen molar-refractivity contribution in [1.82, 2.24) is 0 Å². The fraction of sp³-hybridized carbons (Fsp3) is 0.560. The first-order valence-corrected chi connectivity index (χ1v) is 25.3. The van der Waals surface area contributed by atoms with Gasteiger partial charge >= 0.3 is 0 Å². The van der Waals surface area contributed by atoms with Crippen LogP contribution in [0.1, 0.15) is 188 Å². The highest BCUT2D eigenvalue weighted by molar-refractivity contribution is 7.24. The summed E-state index contributed by atoms with van der Waals surface area (Å²) in [6.07, 6.45) is 26.4. The van der Waals surface area contributed by atoms with Crippen molar-refractivity contribution in [3.05, 3.63) is 80.5 Å². The number of hydrogen-bond donors (Lipinski definition) is 0. The maximum atomic E-state index is 2.82. The van der Waals surface area contributed by atoms with Crippen LogP contribution in [0, 0.1) is 13.8 Å². The Morgan fingerprint density at radius 1 is 0.370 bits per heavy atom. The van der Waals surface area contributed by atoms with Gasteiger partial charge in [0.15, 0.2) is 0 Å². The van der Waals surface area contributed by atoms with E-state index in [1.807, 2.05) is 22.7 Å². The van der Waals surface area contributed by atoms with Gasteiger partial charge in [0.25, 0.3) is 0 Å². The van der Waals surface area contributed by atoms with Gasteiger partial charge in [0.1, 0.15) is 0 Å². The third-order valence-corrected chi connectivity index (χ3v) is 17.7. The van der Waals surface area contributed by atoms with Gasteiger partial charge in [-0.2, -0.15) is 0 Å². The van der Waals surface area contributed by atoms with Crippen LogP contribution in [0.3, 0.4) is 0 Å². The van der Waals surface area contributed by atoms with E-state index in [2.05, 4.69) is 113 Å². The van der Waals surface area contributed by atoms with Crippen molar-refractivity contribution in [2.75, 3.05) is 0 Å². The molecule has 290 valence electrons. The topological polar surface area (TPSA) is 0 Å². The van der Waals surface area contributed by atoms with Crippen LogP contribution in [-0.4, -0.2) is 0 Å². The zero-order valence-corrected chi connectivity index (χ0v) is 37.7. The number of rotatable bonds is 22. The van der Waals surface area contributed by atoms with Crippen molar-refractivity contribution in [2.45, 2.75) is 181 Å². The average Bonchev–Trinajstić information content (AvgIpc) is 4.03. The molecule has 0 unspecified atom stereocenters. The minimum Gasteiger partial charge on any atom is -0.140 e. The molecule has 0 nitrogen and oxygen atoms in total. The Kier molecular flexibility index (Phi) is 13.5. The highest BCUT2D eigenvalue weighted by Gasteiger charge is 2.49. The van der Waals surface area contributed by atoms with Gasteiger partial charge in [0, 0.05) is 49.8 Å². The Morgan fingerprint density at radius 3 is 1.02 bits per heavy atom. The zero-order chi connectivity index (χ0) is 37.7. The first kappa shape index (κ1) is 40.2. The molecule has 0 aliphatic heterocycles. The number of hydrogen-bond acceptors (Lipinski definition) is 4. The fourth-order valence-electron chi connectivity index (χ4n) is 10.1. The van der Waals surface area contributed by atoms with Crippen molar-refractivity contribution in [2.24, 2.45) is 0 Å². The molecular weight excluding hydrogens is 729 g/mol. The lowest BCUT2D eigenvalue weighted by molar-refractivity contribution is 0.398. The van der Waals surface area contributed by atoms with Crippen LogP contribution in [0.4, 0.5) is 0 Å². The molecule has 1 aromatic carbocycles. The van der Waals surface area contributed by atoms with Crippen LogP contribution in [0.15, 0.2) is 48.5 Å². The van der Waals surface area contributed by atoms with E-state index < -0.39 is 0 Å². The zero-order valence-electron chi connectivity index (χ0n) is 34.4. The van der Waals surface area contributed by atoms with Gasteiger partial charge in [-0.3, -0.25) is 0 Å². The Morgan fingerprint density at radius 2 is 0.722 bits per heavy atom. The number of aryl methyl sites for hydroxylation is 2. The first-order valence-electron chi connectivity index (χ1n) is 22.0. The number of unbranched alkanes of at least 4 members (excludes halogenated alkanes) is 12. The quantitative estimate of drug-likeness (QED) is 0.0612. The number of benzene rings is 1. The fourth-order valence-corrected chi connectivity index (χ4v) is 14.5. The van der Waals surface area contributed by atoms with E-state index in [4.69, 9.17) is 0 Å². The molecule has 0 fully saturated rings. The van der Waals surface area contributed by atoms with Crippen LogP contribution in [0.25, 0.3) is 40.4 Å². The van der Waals surface area contributed by atoms with Crippen molar-refractivity contribution >= 4 is 45.3 Å². The predicted molar refractivity (Wildman–Crippen MR) is 246 cm³/mol. The third-order valence-electron chi connectivity index (χ3n) is 13.0. The maximum Gasteiger partial charge on any atom is 0.0452 e. The lowest BCUT2D eigenvalue weighted by atomic mass is 9.68. The van der Waals surface area contributed by atoms with Crippen molar-refractivity contribution in [3.63, 3.8) is 0 Å². The van der Waals surface area contributed by atoms with Crippen molar-refractivity contribution in [3.8, 4) is 40.4 Å². The molecule has 0 bridgehead atoms. The SMILES string of the molecule is CCCCCCC1(CCCCCC)c2cc3c(cc2-c2sc(-c4ccc(C)s4)cc21)C(CCCCCC)(CCCCCC)c1cc(-c2ccc(C)s2)sc1-3. The second kappa shape index (κ2) is 18.1.